The number of nitrogen functional groups attached to an aromatic ring is 1. The molecule has 1 amide bonds. The molecule has 31 heavy (non-hydrogen) atoms. The second-order valence-corrected chi connectivity index (χ2v) is 8.47. The summed E-state index contributed by atoms with van der Waals surface area (Å²) in [6.45, 7) is 3.74. The van der Waals surface area contributed by atoms with Gasteiger partial charge in [0.25, 0.3) is 0 Å². The summed E-state index contributed by atoms with van der Waals surface area (Å²) >= 11 is 1.16. The van der Waals surface area contributed by atoms with Crippen LogP contribution in [0.2, 0.25) is 0 Å². The molecule has 3 rings (SSSR count). The Labute approximate surface area is 180 Å². The minimum absolute atomic E-state index is 0.172. The summed E-state index contributed by atoms with van der Waals surface area (Å²) in [5, 5.41) is 23.2. The number of esters is 1. The Morgan fingerprint density at radius 2 is 2.10 bits per heavy atom. The van der Waals surface area contributed by atoms with E-state index in [1.807, 2.05) is 0 Å². The molecule has 162 valence electrons. The number of H-pyrrole nitrogens is 1. The lowest BCUT2D eigenvalue weighted by Crippen LogP contribution is -2.38. The summed E-state index contributed by atoms with van der Waals surface area (Å²) in [6.07, 6.45) is 0.382. The molecule has 3 aromatic rings. The van der Waals surface area contributed by atoms with E-state index in [4.69, 9.17) is 15.9 Å². The van der Waals surface area contributed by atoms with Crippen LogP contribution in [0.15, 0.2) is 30.3 Å². The van der Waals surface area contributed by atoms with E-state index in [1.165, 1.54) is 12.1 Å². The van der Waals surface area contributed by atoms with Crippen LogP contribution in [0.4, 0.5) is 4.39 Å². The maximum absolute atomic E-state index is 14.1. The summed E-state index contributed by atoms with van der Waals surface area (Å²) in [6, 6.07) is 6.96. The van der Waals surface area contributed by atoms with E-state index < -0.39 is 17.2 Å². The number of nitrogens with zero attached hydrogens (tertiary/aromatic N) is 3. The Kier molecular flexibility index (Phi) is 6.39. The van der Waals surface area contributed by atoms with E-state index in [1.54, 1.807) is 26.0 Å². The number of amides is 1. The average molecular weight is 445 g/mol. The highest BCUT2D eigenvalue weighted by Gasteiger charge is 2.29. The number of carbonyl (C=O) groups excluding carboxylic acids is 2. The van der Waals surface area contributed by atoms with Gasteiger partial charge in [-0.25, -0.2) is 14.3 Å². The van der Waals surface area contributed by atoms with E-state index in [0.717, 1.165) is 22.3 Å². The summed E-state index contributed by atoms with van der Waals surface area (Å²) in [5.41, 5.74) is 4.75. The van der Waals surface area contributed by atoms with E-state index in [-0.39, 0.29) is 34.5 Å². The number of aromatic amines is 1. The van der Waals surface area contributed by atoms with Crippen LogP contribution < -0.4 is 15.8 Å². The average Bonchev–Trinajstić information content (AvgIpc) is 3.39. The maximum atomic E-state index is 14.1. The molecule has 10 nitrogen and oxygen atoms in total. The zero-order valence-corrected chi connectivity index (χ0v) is 17.5. The lowest BCUT2D eigenvalue weighted by atomic mass is 9.87. The molecule has 0 spiro atoms. The third-order valence-corrected chi connectivity index (χ3v) is 5.41. The molecule has 0 unspecified atom stereocenters. The van der Waals surface area contributed by atoms with Gasteiger partial charge < -0.3 is 15.8 Å². The van der Waals surface area contributed by atoms with Crippen molar-refractivity contribution in [3.63, 3.8) is 0 Å². The van der Waals surface area contributed by atoms with Gasteiger partial charge in [-0.3, -0.25) is 10.2 Å². The van der Waals surface area contributed by atoms with Gasteiger partial charge >= 0.3 is 5.97 Å². The van der Waals surface area contributed by atoms with Crippen LogP contribution in [0.25, 0.3) is 0 Å². The summed E-state index contributed by atoms with van der Waals surface area (Å²) in [4.78, 5) is 26.0. The van der Waals surface area contributed by atoms with Gasteiger partial charge in [-0.1, -0.05) is 13.8 Å². The number of halogens is 1. The van der Waals surface area contributed by atoms with Crippen LogP contribution in [-0.4, -0.2) is 38.3 Å². The Bertz CT molecular complexity index is 1110. The Balaban J connectivity index is 1.61. The maximum Gasteiger partial charge on any atom is 0.353 e. The Morgan fingerprint density at radius 1 is 1.32 bits per heavy atom. The molecule has 0 aliphatic rings. The molecule has 1 aromatic carbocycles. The van der Waals surface area contributed by atoms with Crippen molar-refractivity contribution < 1.29 is 18.7 Å². The fourth-order valence-electron chi connectivity index (χ4n) is 2.66. The topological polar surface area (TPSA) is 160 Å². The minimum atomic E-state index is -0.794. The van der Waals surface area contributed by atoms with Crippen molar-refractivity contribution in [1.29, 1.82) is 5.41 Å². The first-order chi connectivity index (χ1) is 14.7. The fourth-order valence-corrected chi connectivity index (χ4v) is 3.77. The molecule has 12 heteroatoms. The lowest BCUT2D eigenvalue weighted by Gasteiger charge is -2.22. The number of amidine groups is 1. The molecular formula is C19H20FN7O3S. The predicted octanol–water partition coefficient (Wildman–Crippen LogP) is 1.79. The van der Waals surface area contributed by atoms with Crippen LogP contribution >= 0.6 is 11.3 Å². The molecule has 5 N–H and O–H groups in total. The highest BCUT2D eigenvalue weighted by atomic mass is 32.1. The number of benzene rings is 1. The standard InChI is InChI=1S/C19H20FN7O3S/c1-19(2,18(29)23-9-15-24-26-27-25-15)8-11-4-6-14(31-11)17(28)30-13-5-3-10(16(21)22)7-12(13)20/h3-7H,8-9H2,1-2H3,(H3,21,22)(H,23,29)(H,24,25,26,27). The smallest absolute Gasteiger partial charge is 0.353 e. The van der Waals surface area contributed by atoms with E-state index in [2.05, 4.69) is 25.9 Å². The Morgan fingerprint density at radius 3 is 2.74 bits per heavy atom. The van der Waals surface area contributed by atoms with Gasteiger partial charge in [0.15, 0.2) is 17.4 Å². The van der Waals surface area contributed by atoms with Crippen molar-refractivity contribution >= 4 is 29.0 Å². The predicted molar refractivity (Wildman–Crippen MR) is 110 cm³/mol. The third-order valence-electron chi connectivity index (χ3n) is 4.34. The number of hydrogen-bond acceptors (Lipinski definition) is 8. The van der Waals surface area contributed by atoms with E-state index >= 15 is 0 Å². The molecule has 0 saturated carbocycles. The first-order valence-corrected chi connectivity index (χ1v) is 9.93. The first kappa shape index (κ1) is 22.0. The van der Waals surface area contributed by atoms with Crippen molar-refractivity contribution in [2.24, 2.45) is 11.1 Å². The van der Waals surface area contributed by atoms with Gasteiger partial charge in [0, 0.05) is 15.9 Å². The highest BCUT2D eigenvalue weighted by molar-refractivity contribution is 7.13. The van der Waals surface area contributed by atoms with Crippen LogP contribution in [0.5, 0.6) is 5.75 Å². The summed E-state index contributed by atoms with van der Waals surface area (Å²) in [7, 11) is 0. The number of nitrogens with one attached hydrogen (secondary N) is 3. The number of rotatable bonds is 8. The molecule has 0 fully saturated rings. The quantitative estimate of drug-likeness (QED) is 0.178. The highest BCUT2D eigenvalue weighted by Crippen LogP contribution is 2.28. The summed E-state index contributed by atoms with van der Waals surface area (Å²) < 4.78 is 19.2. The molecule has 0 saturated heterocycles. The molecule has 0 radical (unpaired) electrons. The van der Waals surface area contributed by atoms with Crippen LogP contribution in [0, 0.1) is 16.6 Å². The molecule has 0 bridgehead atoms. The molecule has 0 atom stereocenters. The minimum Gasteiger partial charge on any atom is -0.419 e. The van der Waals surface area contributed by atoms with Gasteiger partial charge in [0.1, 0.15) is 10.7 Å². The zero-order chi connectivity index (χ0) is 22.6. The molecule has 2 aromatic heterocycles. The molecule has 0 aliphatic carbocycles. The van der Waals surface area contributed by atoms with Crippen molar-refractivity contribution in [2.45, 2.75) is 26.8 Å². The van der Waals surface area contributed by atoms with Gasteiger partial charge in [0.05, 0.1) is 6.54 Å². The second-order valence-electron chi connectivity index (χ2n) is 7.31. The van der Waals surface area contributed by atoms with Gasteiger partial charge in [-0.15, -0.1) is 16.4 Å². The number of carbonyl (C=O) groups is 2. The zero-order valence-electron chi connectivity index (χ0n) is 16.7. The second kappa shape index (κ2) is 9.00. The van der Waals surface area contributed by atoms with Crippen molar-refractivity contribution in [1.82, 2.24) is 25.9 Å². The van der Waals surface area contributed by atoms with Crippen LogP contribution in [-0.2, 0) is 17.8 Å². The fraction of sp³-hybridized carbons (Fsp3) is 0.263. The van der Waals surface area contributed by atoms with E-state index in [9.17, 15) is 14.0 Å². The normalized spacial score (nSPS) is 11.2. The largest absolute Gasteiger partial charge is 0.419 e. The summed E-state index contributed by atoms with van der Waals surface area (Å²) in [5.74, 6) is -1.82. The Hall–Kier alpha value is -3.67. The van der Waals surface area contributed by atoms with Crippen LogP contribution in [0.1, 0.15) is 39.8 Å². The van der Waals surface area contributed by atoms with Gasteiger partial charge in [-0.2, -0.15) is 0 Å². The molecule has 2 heterocycles. The lowest BCUT2D eigenvalue weighted by molar-refractivity contribution is -0.129. The van der Waals surface area contributed by atoms with Crippen LogP contribution in [0.3, 0.4) is 0 Å². The molecular weight excluding hydrogens is 425 g/mol. The first-order valence-electron chi connectivity index (χ1n) is 9.11. The van der Waals surface area contributed by atoms with Crippen molar-refractivity contribution in [2.75, 3.05) is 0 Å². The molecule has 0 aliphatic heterocycles. The third kappa shape index (κ3) is 5.48. The SMILES string of the molecule is CC(C)(Cc1ccc(C(=O)Oc2ccc(C(=N)N)cc2F)s1)C(=O)NCc1nnn[nH]1. The van der Waals surface area contributed by atoms with E-state index in [0.29, 0.717) is 12.2 Å². The monoisotopic (exact) mass is 445 g/mol. The number of hydrogen-bond donors (Lipinski definition) is 4. The van der Waals surface area contributed by atoms with Gasteiger partial charge in [-0.05, 0) is 47.2 Å². The number of tetrazole rings is 1. The number of ether oxygens (including phenoxy) is 1. The number of aromatic nitrogens is 4. The number of nitrogens with two attached hydrogens (primary N) is 1. The van der Waals surface area contributed by atoms with Crippen molar-refractivity contribution in [3.8, 4) is 5.75 Å². The van der Waals surface area contributed by atoms with Gasteiger partial charge in [0.2, 0.25) is 5.91 Å². The number of thiophene rings is 1. The van der Waals surface area contributed by atoms with Crippen molar-refractivity contribution in [3.05, 3.63) is 57.3 Å².